The normalized spacial score (nSPS) is 17.4. The van der Waals surface area contributed by atoms with Crippen LogP contribution in [0.1, 0.15) is 42.5 Å². The highest BCUT2D eigenvalue weighted by atomic mass is 32.1. The second kappa shape index (κ2) is 9.33. The molecule has 1 amide bonds. The number of nitrogens with zero attached hydrogens (tertiary/aromatic N) is 2. The van der Waals surface area contributed by atoms with Crippen molar-refractivity contribution >= 4 is 22.4 Å². The van der Waals surface area contributed by atoms with Crippen molar-refractivity contribution in [2.24, 2.45) is 5.92 Å². The number of likely N-dealkylation sites (tertiary alicyclic amines) is 1. The van der Waals surface area contributed by atoms with Crippen LogP contribution in [0.3, 0.4) is 0 Å². The molecule has 1 N–H and O–H groups in total. The van der Waals surface area contributed by atoms with Crippen LogP contribution in [0.4, 0.5) is 5.13 Å². The molecule has 3 aromatic rings. The number of benzene rings is 2. The van der Waals surface area contributed by atoms with Crippen molar-refractivity contribution < 1.29 is 4.79 Å². The SMILES string of the molecule is C[C@H]1CCCN(Cc2csc(NC(=O)C(c3ccccc3)c3ccccc3)n2)C1. The van der Waals surface area contributed by atoms with E-state index >= 15 is 0 Å². The minimum absolute atomic E-state index is 0.0464. The predicted octanol–water partition coefficient (Wildman–Crippen LogP) is 5.15. The molecule has 1 aromatic heterocycles. The maximum absolute atomic E-state index is 13.2. The summed E-state index contributed by atoms with van der Waals surface area (Å²) >= 11 is 1.51. The van der Waals surface area contributed by atoms with E-state index in [0.29, 0.717) is 5.13 Å². The van der Waals surface area contributed by atoms with E-state index in [1.54, 1.807) is 0 Å². The summed E-state index contributed by atoms with van der Waals surface area (Å²) in [5, 5.41) is 5.79. The van der Waals surface area contributed by atoms with Crippen LogP contribution in [0.15, 0.2) is 66.0 Å². The molecule has 0 unspecified atom stereocenters. The number of hydrogen-bond acceptors (Lipinski definition) is 4. The minimum Gasteiger partial charge on any atom is -0.301 e. The predicted molar refractivity (Wildman–Crippen MR) is 119 cm³/mol. The molecule has 1 saturated heterocycles. The molecule has 2 aromatic carbocycles. The Kier molecular flexibility index (Phi) is 6.37. The van der Waals surface area contributed by atoms with E-state index in [4.69, 9.17) is 0 Å². The van der Waals surface area contributed by atoms with Gasteiger partial charge in [-0.25, -0.2) is 4.98 Å². The van der Waals surface area contributed by atoms with Gasteiger partial charge < -0.3 is 5.32 Å². The smallest absolute Gasteiger partial charge is 0.238 e. The zero-order chi connectivity index (χ0) is 20.1. The molecule has 1 aliphatic rings. The van der Waals surface area contributed by atoms with Crippen LogP contribution in [0.25, 0.3) is 0 Å². The lowest BCUT2D eigenvalue weighted by atomic mass is 9.90. The van der Waals surface area contributed by atoms with Crippen LogP contribution in [-0.2, 0) is 11.3 Å². The zero-order valence-corrected chi connectivity index (χ0v) is 17.6. The molecule has 0 saturated carbocycles. The van der Waals surface area contributed by atoms with Crippen LogP contribution < -0.4 is 5.32 Å². The van der Waals surface area contributed by atoms with Gasteiger partial charge in [-0.2, -0.15) is 0 Å². The first-order valence-corrected chi connectivity index (χ1v) is 11.1. The number of rotatable bonds is 6. The third-order valence-corrected chi connectivity index (χ3v) is 6.24. The van der Waals surface area contributed by atoms with Gasteiger partial charge in [0.05, 0.1) is 11.6 Å². The van der Waals surface area contributed by atoms with E-state index < -0.39 is 0 Å². The lowest BCUT2D eigenvalue weighted by Crippen LogP contribution is -2.33. The molecule has 2 heterocycles. The number of amides is 1. The monoisotopic (exact) mass is 405 g/mol. The van der Waals surface area contributed by atoms with Crippen LogP contribution in [-0.4, -0.2) is 28.9 Å². The first-order chi connectivity index (χ1) is 14.2. The van der Waals surface area contributed by atoms with E-state index in [1.165, 1.54) is 24.2 Å². The van der Waals surface area contributed by atoms with Crippen LogP contribution >= 0.6 is 11.3 Å². The van der Waals surface area contributed by atoms with Crippen molar-refractivity contribution in [3.8, 4) is 0 Å². The summed E-state index contributed by atoms with van der Waals surface area (Å²) in [5.41, 5.74) is 3.00. The fourth-order valence-corrected chi connectivity index (χ4v) is 4.76. The summed E-state index contributed by atoms with van der Waals surface area (Å²) < 4.78 is 0. The summed E-state index contributed by atoms with van der Waals surface area (Å²) in [6.45, 7) is 5.43. The molecule has 0 spiro atoms. The molecule has 1 aliphatic heterocycles. The summed E-state index contributed by atoms with van der Waals surface area (Å²) in [6, 6.07) is 19.8. The molecule has 4 nitrogen and oxygen atoms in total. The fourth-order valence-electron chi connectivity index (χ4n) is 4.06. The van der Waals surface area contributed by atoms with Gasteiger partial charge in [0.1, 0.15) is 0 Å². The topological polar surface area (TPSA) is 45.2 Å². The van der Waals surface area contributed by atoms with Crippen molar-refractivity contribution in [1.82, 2.24) is 9.88 Å². The summed E-state index contributed by atoms with van der Waals surface area (Å²) in [4.78, 5) is 20.3. The van der Waals surface area contributed by atoms with Crippen molar-refractivity contribution in [1.29, 1.82) is 0 Å². The first kappa shape index (κ1) is 19.8. The minimum atomic E-state index is -0.354. The molecule has 0 aliphatic carbocycles. The number of carbonyl (C=O) groups excluding carboxylic acids is 1. The number of carbonyl (C=O) groups is 1. The van der Waals surface area contributed by atoms with Gasteiger partial charge in [-0.3, -0.25) is 9.69 Å². The second-order valence-electron chi connectivity index (χ2n) is 7.87. The van der Waals surface area contributed by atoms with Crippen LogP contribution in [0.2, 0.25) is 0 Å². The standard InChI is InChI=1S/C24H27N3OS/c1-18-9-8-14-27(15-18)16-21-17-29-24(25-21)26-23(28)22(19-10-4-2-5-11-19)20-12-6-3-7-13-20/h2-7,10-13,17-18,22H,8-9,14-16H2,1H3,(H,25,26,28)/t18-/m0/s1. The van der Waals surface area contributed by atoms with Crippen LogP contribution in [0, 0.1) is 5.92 Å². The molecular formula is C24H27N3OS. The lowest BCUT2D eigenvalue weighted by molar-refractivity contribution is -0.116. The zero-order valence-electron chi connectivity index (χ0n) is 16.8. The molecule has 29 heavy (non-hydrogen) atoms. The average Bonchev–Trinajstić information content (AvgIpc) is 3.16. The highest BCUT2D eigenvalue weighted by molar-refractivity contribution is 7.13. The molecular weight excluding hydrogens is 378 g/mol. The number of thiazole rings is 1. The van der Waals surface area contributed by atoms with E-state index in [-0.39, 0.29) is 11.8 Å². The van der Waals surface area contributed by atoms with E-state index in [9.17, 15) is 4.79 Å². The number of piperidine rings is 1. The molecule has 1 atom stereocenters. The molecule has 4 rings (SSSR count). The molecule has 5 heteroatoms. The maximum atomic E-state index is 13.2. The van der Waals surface area contributed by atoms with Crippen molar-refractivity contribution in [2.45, 2.75) is 32.2 Å². The van der Waals surface area contributed by atoms with Gasteiger partial charge in [-0.15, -0.1) is 11.3 Å². The fraction of sp³-hybridized carbons (Fsp3) is 0.333. The Morgan fingerprint density at radius 3 is 2.41 bits per heavy atom. The van der Waals surface area contributed by atoms with E-state index in [0.717, 1.165) is 42.4 Å². The van der Waals surface area contributed by atoms with E-state index in [2.05, 4.69) is 27.5 Å². The van der Waals surface area contributed by atoms with Gasteiger partial charge in [-0.1, -0.05) is 67.6 Å². The van der Waals surface area contributed by atoms with Gasteiger partial charge >= 0.3 is 0 Å². The van der Waals surface area contributed by atoms with Crippen molar-refractivity contribution in [2.75, 3.05) is 18.4 Å². The quantitative estimate of drug-likeness (QED) is 0.617. The second-order valence-corrected chi connectivity index (χ2v) is 8.73. The Bertz CT molecular complexity index is 886. The average molecular weight is 406 g/mol. The van der Waals surface area contributed by atoms with Gasteiger partial charge in [0.15, 0.2) is 5.13 Å². The highest BCUT2D eigenvalue weighted by Gasteiger charge is 2.24. The largest absolute Gasteiger partial charge is 0.301 e. The molecule has 0 bridgehead atoms. The summed E-state index contributed by atoms with van der Waals surface area (Å²) in [6.07, 6.45) is 2.57. The maximum Gasteiger partial charge on any atom is 0.238 e. The van der Waals surface area contributed by atoms with Crippen molar-refractivity contribution in [3.63, 3.8) is 0 Å². The number of hydrogen-bond donors (Lipinski definition) is 1. The summed E-state index contributed by atoms with van der Waals surface area (Å²) in [7, 11) is 0. The Balaban J connectivity index is 1.47. The van der Waals surface area contributed by atoms with Gasteiger partial charge in [0, 0.05) is 18.5 Å². The molecule has 150 valence electrons. The Labute approximate surface area is 176 Å². The third kappa shape index (κ3) is 5.11. The lowest BCUT2D eigenvalue weighted by Gasteiger charge is -2.30. The number of aromatic nitrogens is 1. The first-order valence-electron chi connectivity index (χ1n) is 10.3. The summed E-state index contributed by atoms with van der Waals surface area (Å²) in [5.74, 6) is 0.349. The third-order valence-electron chi connectivity index (χ3n) is 5.44. The van der Waals surface area contributed by atoms with E-state index in [1.807, 2.05) is 60.7 Å². The Morgan fingerprint density at radius 2 is 1.79 bits per heavy atom. The van der Waals surface area contributed by atoms with Gasteiger partial charge in [0.2, 0.25) is 5.91 Å². The van der Waals surface area contributed by atoms with Gasteiger partial charge in [0.25, 0.3) is 0 Å². The number of anilines is 1. The highest BCUT2D eigenvalue weighted by Crippen LogP contribution is 2.27. The molecule has 0 radical (unpaired) electrons. The Hall–Kier alpha value is -2.50. The van der Waals surface area contributed by atoms with Crippen LogP contribution in [0.5, 0.6) is 0 Å². The number of nitrogens with one attached hydrogen (secondary N) is 1. The molecule has 1 fully saturated rings. The van der Waals surface area contributed by atoms with Crippen molar-refractivity contribution in [3.05, 3.63) is 82.9 Å². The van der Waals surface area contributed by atoms with Gasteiger partial charge in [-0.05, 0) is 36.4 Å². The Morgan fingerprint density at radius 1 is 1.14 bits per heavy atom.